The van der Waals surface area contributed by atoms with Crippen LogP contribution in [0.3, 0.4) is 0 Å². The second kappa shape index (κ2) is 26.3. The third kappa shape index (κ3) is 19.5. The summed E-state index contributed by atoms with van der Waals surface area (Å²) in [5.74, 6) is -0.551. The Hall–Kier alpha value is -4.95. The molecular formula is C47H71ClN10O10S4. The highest BCUT2D eigenvalue weighted by molar-refractivity contribution is 7.90. The van der Waals surface area contributed by atoms with Crippen molar-refractivity contribution in [2.75, 3.05) is 72.8 Å². The quantitative estimate of drug-likeness (QED) is 0.0839. The normalized spacial score (nSPS) is 14.3. The molecule has 3 amide bonds. The summed E-state index contributed by atoms with van der Waals surface area (Å²) in [6.45, 7) is 26.3. The Balaban J connectivity index is 0.000000335. The summed E-state index contributed by atoms with van der Waals surface area (Å²) >= 11 is 7.66. The Bertz CT molecular complexity index is 2700. The van der Waals surface area contributed by atoms with E-state index >= 15 is 0 Å². The Morgan fingerprint density at radius 1 is 0.653 bits per heavy atom. The minimum Gasteiger partial charge on any atom is -0.451 e. The number of rotatable bonds is 12. The molecule has 4 aromatic rings. The summed E-state index contributed by atoms with van der Waals surface area (Å²) in [4.78, 5) is 61.5. The lowest BCUT2D eigenvalue weighted by Gasteiger charge is -2.34. The highest BCUT2D eigenvalue weighted by Gasteiger charge is 2.30. The second-order valence-electron chi connectivity index (χ2n) is 19.1. The van der Waals surface area contributed by atoms with Gasteiger partial charge in [0.05, 0.1) is 31.8 Å². The maximum absolute atomic E-state index is 13.3. The lowest BCUT2D eigenvalue weighted by Crippen LogP contribution is -2.49. The van der Waals surface area contributed by atoms with Gasteiger partial charge in [-0.2, -0.15) is 0 Å². The van der Waals surface area contributed by atoms with E-state index in [4.69, 9.17) is 16.3 Å². The number of carbonyl (C=O) groups is 4. The first kappa shape index (κ1) is 61.4. The Kier molecular flexibility index (Phi) is 22.4. The summed E-state index contributed by atoms with van der Waals surface area (Å²) in [5, 5.41) is 10.2. The van der Waals surface area contributed by atoms with Crippen LogP contribution in [0.5, 0.6) is 0 Å². The Labute approximate surface area is 438 Å². The number of amides is 3. The molecule has 2 saturated heterocycles. The molecule has 2 aliphatic heterocycles. The van der Waals surface area contributed by atoms with Crippen LogP contribution in [0.25, 0.3) is 20.9 Å². The molecule has 2 aromatic heterocycles. The summed E-state index contributed by atoms with van der Waals surface area (Å²) in [5.41, 5.74) is -0.176. The molecule has 2 aliphatic rings. The van der Waals surface area contributed by atoms with E-state index in [0.29, 0.717) is 53.6 Å². The van der Waals surface area contributed by atoms with Crippen molar-refractivity contribution in [2.45, 2.75) is 124 Å². The highest BCUT2D eigenvalue weighted by Crippen LogP contribution is 2.38. The maximum atomic E-state index is 13.3. The first-order valence-electron chi connectivity index (χ1n) is 22.8. The molecule has 5 N–H and O–H groups in total. The molecule has 20 nitrogen and oxygen atoms in total. The number of benzene rings is 2. The zero-order valence-electron chi connectivity index (χ0n) is 42.3. The largest absolute Gasteiger partial charge is 0.451 e. The van der Waals surface area contributed by atoms with Crippen LogP contribution in [0.2, 0.25) is 0 Å². The van der Waals surface area contributed by atoms with Crippen molar-refractivity contribution in [3.05, 3.63) is 48.8 Å². The fourth-order valence-electron chi connectivity index (χ4n) is 6.84. The van der Waals surface area contributed by atoms with Crippen molar-refractivity contribution in [1.29, 1.82) is 0 Å². The Morgan fingerprint density at radius 2 is 1.04 bits per heavy atom. The zero-order valence-corrected chi connectivity index (χ0v) is 46.3. The number of anilines is 4. The molecule has 0 aliphatic carbocycles. The predicted octanol–water partition coefficient (Wildman–Crippen LogP) is 8.17. The van der Waals surface area contributed by atoms with E-state index in [-0.39, 0.29) is 47.3 Å². The van der Waals surface area contributed by atoms with Crippen molar-refractivity contribution in [1.82, 2.24) is 29.6 Å². The molecule has 2 fully saturated rings. The number of sulfonamides is 2. The van der Waals surface area contributed by atoms with Gasteiger partial charge in [0.25, 0.3) is 0 Å². The van der Waals surface area contributed by atoms with Crippen molar-refractivity contribution in [3.63, 3.8) is 0 Å². The van der Waals surface area contributed by atoms with Gasteiger partial charge >= 0.3 is 11.5 Å². The van der Waals surface area contributed by atoms with E-state index in [1.54, 1.807) is 96.9 Å². The molecule has 6 rings (SSSR count). The molecule has 2 aromatic carbocycles. The molecule has 0 saturated carbocycles. The van der Waals surface area contributed by atoms with Gasteiger partial charge in [-0.25, -0.2) is 45.8 Å². The van der Waals surface area contributed by atoms with Gasteiger partial charge < -0.3 is 40.1 Å². The molecule has 0 atom stereocenters. The van der Waals surface area contributed by atoms with Gasteiger partial charge in [0, 0.05) is 124 Å². The maximum Gasteiger partial charge on any atom is 0.410 e. The van der Waals surface area contributed by atoms with Crippen LogP contribution >= 0.6 is 34.3 Å². The summed E-state index contributed by atoms with van der Waals surface area (Å²) in [6.07, 6.45) is 2.77. The van der Waals surface area contributed by atoms with E-state index in [1.807, 2.05) is 13.8 Å². The van der Waals surface area contributed by atoms with Gasteiger partial charge in [0.2, 0.25) is 31.9 Å². The lowest BCUT2D eigenvalue weighted by molar-refractivity contribution is -0.115. The summed E-state index contributed by atoms with van der Waals surface area (Å²) in [7, 11) is -7.71. The fourth-order valence-corrected chi connectivity index (χ4v) is 12.5. The molecule has 0 unspecified atom stereocenters. The average molecular weight is 1100 g/mol. The third-order valence-electron chi connectivity index (χ3n) is 9.44. The Morgan fingerprint density at radius 3 is 1.38 bits per heavy atom. The first-order chi connectivity index (χ1) is 32.9. The number of hydrogen-bond acceptors (Lipinski definition) is 17. The molecule has 0 spiro atoms. The number of thiazole rings is 2. The number of piperazine rings is 2. The molecule has 72 heavy (non-hydrogen) atoms. The topological polar surface area (TPSA) is 251 Å². The van der Waals surface area contributed by atoms with Crippen LogP contribution in [0.15, 0.2) is 58.6 Å². The van der Waals surface area contributed by atoms with E-state index in [9.17, 15) is 36.0 Å². The molecule has 0 radical (unpaired) electrons. The van der Waals surface area contributed by atoms with Gasteiger partial charge in [-0.05, 0) is 93.5 Å². The molecular weight excluding hydrogens is 1030 g/mol. The second-order valence-corrected chi connectivity index (χ2v) is 24.7. The number of halogens is 1. The van der Waals surface area contributed by atoms with Crippen LogP contribution in [0, 0.1) is 0 Å². The molecule has 25 heteroatoms. The van der Waals surface area contributed by atoms with Crippen molar-refractivity contribution in [3.8, 4) is 20.9 Å². The van der Waals surface area contributed by atoms with Crippen molar-refractivity contribution >= 4 is 99.3 Å². The van der Waals surface area contributed by atoms with E-state index in [2.05, 4.69) is 49.9 Å². The van der Waals surface area contributed by atoms with E-state index in [0.717, 1.165) is 41.3 Å². The number of nitrogens with zero attached hydrogens (tertiary/aromatic N) is 5. The monoisotopic (exact) mass is 1100 g/mol. The van der Waals surface area contributed by atoms with Gasteiger partial charge in [-0.3, -0.25) is 9.59 Å². The molecule has 400 valence electrons. The number of ether oxygens (including phenoxy) is 2. The van der Waals surface area contributed by atoms with E-state index < -0.39 is 36.6 Å². The van der Waals surface area contributed by atoms with Crippen molar-refractivity contribution in [2.24, 2.45) is 0 Å². The minimum atomic E-state index is -3.89. The van der Waals surface area contributed by atoms with Gasteiger partial charge in [0.15, 0.2) is 10.3 Å². The van der Waals surface area contributed by atoms with Crippen LogP contribution in [-0.4, -0.2) is 131 Å². The van der Waals surface area contributed by atoms with Gasteiger partial charge in [-0.15, -0.1) is 0 Å². The first-order valence-corrected chi connectivity index (χ1v) is 27.8. The van der Waals surface area contributed by atoms with Gasteiger partial charge in [0.1, 0.15) is 0 Å². The van der Waals surface area contributed by atoms with Crippen LogP contribution < -0.4 is 35.2 Å². The molecule has 0 bridgehead atoms. The highest BCUT2D eigenvalue weighted by atomic mass is 35.5. The minimum absolute atomic E-state index is 0. The van der Waals surface area contributed by atoms with Crippen LogP contribution in [-0.2, 0) is 39.1 Å². The van der Waals surface area contributed by atoms with Crippen LogP contribution in [0.1, 0.15) is 90.5 Å². The zero-order chi connectivity index (χ0) is 53.1. The third-order valence-corrected chi connectivity index (χ3v) is 15.3. The summed E-state index contributed by atoms with van der Waals surface area (Å²) < 4.78 is 67.8. The number of hydrogen-bond donors (Lipinski definition) is 5. The smallest absolute Gasteiger partial charge is 0.410 e. The van der Waals surface area contributed by atoms with Crippen LogP contribution in [0.4, 0.5) is 31.2 Å². The lowest BCUT2D eigenvalue weighted by atomic mass is 10.1. The number of nitrogens with one attached hydrogen (secondary N) is 5. The SMILES string of the molecule is C.CC(=O)Nc1ccc(-c2cnc(N3CCN(C(=O)OC(C)C)CC3)s2)c(S(=O)(=O)NC(C)(C)C)c1.CC(=O)Nc1ccc(-c2cnc(N3CCNCC3)s2)c(S(=O)(=O)NC(C)(C)C)c1.CC(C)OC(=O)Cl. The number of carbonyl (C=O) groups excluding carboxylic acids is 4. The predicted molar refractivity (Wildman–Crippen MR) is 289 cm³/mol. The summed E-state index contributed by atoms with van der Waals surface area (Å²) in [6, 6.07) is 9.73. The average Bonchev–Trinajstić information content (AvgIpc) is 3.93. The van der Waals surface area contributed by atoms with Crippen molar-refractivity contribution < 1.29 is 45.5 Å². The molecule has 4 heterocycles. The van der Waals surface area contributed by atoms with Gasteiger partial charge in [-0.1, -0.05) is 42.2 Å². The standard InChI is InChI=1S/C23H33N5O5S2.C19H27N5O3S2.C4H7ClO2.CH4/c1-15(2)33-22(30)28-11-9-27(10-12-28)21-24-14-19(34-21)18-8-7-17(25-16(3)29)13-20(18)35(31,32)26-23(4,5)6;1-13(25)22-14-5-6-15(17(11-14)29(26,27)23-19(2,3)4)16-12-21-18(28-16)24-9-7-20-8-10-24;1-3(2)7-4(5)6;/h7-8,13-15,26H,9-12H2,1-6H3,(H,25,29);5-6,11-12,20,23H,7-10H2,1-4H3,(H,22,25);3H,1-2H3;1H4. The van der Waals surface area contributed by atoms with E-state index in [1.165, 1.54) is 48.7 Å². The number of aromatic nitrogens is 2. The fraction of sp³-hybridized carbons (Fsp3) is 0.532.